The SMILES string of the molecule is CCN1CCN(c2ccc(CN=C(N)N(CC)CC)cn2)CC1. The van der Waals surface area contributed by atoms with Crippen LogP contribution in [0.5, 0.6) is 0 Å². The standard InChI is InChI=1S/C17H30N6/c1-4-21-9-11-23(12-10-21)16-8-7-15(13-19-16)14-20-17(18)22(5-2)6-3/h7-8,13H,4-6,9-12,14H2,1-3H3,(H2,18,20). The second kappa shape index (κ2) is 8.72. The van der Waals surface area contributed by atoms with Gasteiger partial charge in [0.05, 0.1) is 6.54 Å². The fourth-order valence-corrected chi connectivity index (χ4v) is 2.81. The van der Waals surface area contributed by atoms with E-state index < -0.39 is 0 Å². The summed E-state index contributed by atoms with van der Waals surface area (Å²) in [6.45, 7) is 14.2. The number of guanidine groups is 1. The molecule has 128 valence electrons. The molecule has 2 heterocycles. The van der Waals surface area contributed by atoms with Gasteiger partial charge in [-0.15, -0.1) is 0 Å². The van der Waals surface area contributed by atoms with Crippen molar-refractivity contribution in [3.8, 4) is 0 Å². The first-order chi connectivity index (χ1) is 11.2. The van der Waals surface area contributed by atoms with E-state index >= 15 is 0 Å². The molecule has 1 aromatic rings. The Bertz CT molecular complexity index is 486. The highest BCUT2D eigenvalue weighted by Crippen LogP contribution is 2.14. The smallest absolute Gasteiger partial charge is 0.191 e. The molecule has 2 N–H and O–H groups in total. The molecular weight excluding hydrogens is 288 g/mol. The van der Waals surface area contributed by atoms with Crippen molar-refractivity contribution in [1.29, 1.82) is 0 Å². The summed E-state index contributed by atoms with van der Waals surface area (Å²) >= 11 is 0. The van der Waals surface area contributed by atoms with Crippen LogP contribution < -0.4 is 10.6 Å². The summed E-state index contributed by atoms with van der Waals surface area (Å²) in [5, 5.41) is 0. The number of piperazine rings is 1. The summed E-state index contributed by atoms with van der Waals surface area (Å²) in [5.74, 6) is 1.67. The van der Waals surface area contributed by atoms with Crippen LogP contribution in [0, 0.1) is 0 Å². The number of nitrogens with two attached hydrogens (primary N) is 1. The topological polar surface area (TPSA) is 61.0 Å². The number of likely N-dealkylation sites (N-methyl/N-ethyl adjacent to an activating group) is 1. The van der Waals surface area contributed by atoms with E-state index in [4.69, 9.17) is 5.73 Å². The lowest BCUT2D eigenvalue weighted by molar-refractivity contribution is 0.270. The van der Waals surface area contributed by atoms with Gasteiger partial charge in [0.1, 0.15) is 5.82 Å². The predicted octanol–water partition coefficient (Wildman–Crippen LogP) is 1.38. The second-order valence-corrected chi connectivity index (χ2v) is 5.79. The number of anilines is 1. The molecule has 0 radical (unpaired) electrons. The van der Waals surface area contributed by atoms with Gasteiger partial charge in [-0.2, -0.15) is 0 Å². The maximum absolute atomic E-state index is 6.00. The van der Waals surface area contributed by atoms with Crippen LogP contribution in [0.25, 0.3) is 0 Å². The average Bonchev–Trinajstić information content (AvgIpc) is 2.61. The summed E-state index contributed by atoms with van der Waals surface area (Å²) in [4.78, 5) is 15.9. The number of pyridine rings is 1. The zero-order chi connectivity index (χ0) is 16.7. The van der Waals surface area contributed by atoms with E-state index in [-0.39, 0.29) is 0 Å². The van der Waals surface area contributed by atoms with E-state index in [9.17, 15) is 0 Å². The molecule has 1 fully saturated rings. The van der Waals surface area contributed by atoms with Crippen LogP contribution in [0.1, 0.15) is 26.3 Å². The molecule has 0 amide bonds. The lowest BCUT2D eigenvalue weighted by Gasteiger charge is -2.34. The monoisotopic (exact) mass is 318 g/mol. The molecule has 2 rings (SSSR count). The quantitative estimate of drug-likeness (QED) is 0.634. The molecule has 0 saturated carbocycles. The van der Waals surface area contributed by atoms with Gasteiger partial charge >= 0.3 is 0 Å². The molecule has 0 atom stereocenters. The van der Waals surface area contributed by atoms with Crippen LogP contribution in [0.15, 0.2) is 23.3 Å². The van der Waals surface area contributed by atoms with Gasteiger partial charge in [0.25, 0.3) is 0 Å². The molecule has 1 aliphatic rings. The van der Waals surface area contributed by atoms with Gasteiger partial charge in [-0.1, -0.05) is 13.0 Å². The number of rotatable bonds is 6. The van der Waals surface area contributed by atoms with E-state index in [0.29, 0.717) is 12.5 Å². The Balaban J connectivity index is 1.91. The van der Waals surface area contributed by atoms with Crippen molar-refractivity contribution in [2.24, 2.45) is 10.7 Å². The summed E-state index contributed by atoms with van der Waals surface area (Å²) in [7, 11) is 0. The number of nitrogens with zero attached hydrogens (tertiary/aromatic N) is 5. The Hall–Kier alpha value is -1.82. The first-order valence-corrected chi connectivity index (χ1v) is 8.65. The summed E-state index contributed by atoms with van der Waals surface area (Å²) in [5.41, 5.74) is 7.10. The second-order valence-electron chi connectivity index (χ2n) is 5.79. The lowest BCUT2D eigenvalue weighted by Crippen LogP contribution is -2.46. The summed E-state index contributed by atoms with van der Waals surface area (Å²) in [6, 6.07) is 4.20. The van der Waals surface area contributed by atoms with E-state index in [1.54, 1.807) is 0 Å². The highest BCUT2D eigenvalue weighted by atomic mass is 15.3. The minimum atomic E-state index is 0.583. The summed E-state index contributed by atoms with van der Waals surface area (Å²) < 4.78 is 0. The van der Waals surface area contributed by atoms with Gasteiger partial charge in [0.2, 0.25) is 0 Å². The van der Waals surface area contributed by atoms with Gasteiger partial charge < -0.3 is 20.4 Å². The van der Waals surface area contributed by atoms with Crippen molar-refractivity contribution in [2.75, 3.05) is 50.7 Å². The van der Waals surface area contributed by atoms with Crippen LogP contribution in [0.4, 0.5) is 5.82 Å². The largest absolute Gasteiger partial charge is 0.370 e. The van der Waals surface area contributed by atoms with Crippen molar-refractivity contribution < 1.29 is 0 Å². The third kappa shape index (κ3) is 4.82. The maximum atomic E-state index is 6.00. The van der Waals surface area contributed by atoms with Crippen LogP contribution in [0.3, 0.4) is 0 Å². The first-order valence-electron chi connectivity index (χ1n) is 8.65. The molecule has 1 aromatic heterocycles. The molecule has 6 heteroatoms. The van der Waals surface area contributed by atoms with E-state index in [1.165, 1.54) is 0 Å². The molecule has 23 heavy (non-hydrogen) atoms. The Morgan fingerprint density at radius 2 is 1.87 bits per heavy atom. The van der Waals surface area contributed by atoms with Gasteiger partial charge in [-0.3, -0.25) is 0 Å². The highest BCUT2D eigenvalue weighted by Gasteiger charge is 2.16. The van der Waals surface area contributed by atoms with Crippen LogP contribution >= 0.6 is 0 Å². The molecule has 1 aliphatic heterocycles. The number of aromatic nitrogens is 1. The van der Waals surface area contributed by atoms with Gasteiger partial charge in [-0.05, 0) is 32.0 Å². The highest BCUT2D eigenvalue weighted by molar-refractivity contribution is 5.78. The molecule has 1 saturated heterocycles. The van der Waals surface area contributed by atoms with Crippen LogP contribution in [-0.4, -0.2) is 66.6 Å². The van der Waals surface area contributed by atoms with Crippen molar-refractivity contribution in [3.63, 3.8) is 0 Å². The zero-order valence-corrected chi connectivity index (χ0v) is 14.7. The zero-order valence-electron chi connectivity index (χ0n) is 14.7. The van der Waals surface area contributed by atoms with E-state index in [1.807, 2.05) is 6.20 Å². The molecular formula is C17H30N6. The lowest BCUT2D eigenvalue weighted by atomic mass is 10.2. The summed E-state index contributed by atoms with van der Waals surface area (Å²) in [6.07, 6.45) is 1.92. The number of hydrogen-bond donors (Lipinski definition) is 1. The van der Waals surface area contributed by atoms with Crippen molar-refractivity contribution in [2.45, 2.75) is 27.3 Å². The fraction of sp³-hybridized carbons (Fsp3) is 0.647. The number of aliphatic imine (C=N–C) groups is 1. The van der Waals surface area contributed by atoms with E-state index in [0.717, 1.165) is 57.2 Å². The van der Waals surface area contributed by atoms with Gasteiger partial charge in [-0.25, -0.2) is 9.98 Å². The molecule has 0 aliphatic carbocycles. The minimum absolute atomic E-state index is 0.583. The third-order valence-corrected chi connectivity index (χ3v) is 4.46. The first kappa shape index (κ1) is 17.5. The average molecular weight is 318 g/mol. The Labute approximate surface area is 140 Å². The minimum Gasteiger partial charge on any atom is -0.370 e. The van der Waals surface area contributed by atoms with Crippen LogP contribution in [-0.2, 0) is 6.54 Å². The third-order valence-electron chi connectivity index (χ3n) is 4.46. The molecule has 0 unspecified atom stereocenters. The van der Waals surface area contributed by atoms with Gasteiger partial charge in [0, 0.05) is 45.5 Å². The predicted molar refractivity (Wildman–Crippen MR) is 96.8 cm³/mol. The fourth-order valence-electron chi connectivity index (χ4n) is 2.81. The van der Waals surface area contributed by atoms with Gasteiger partial charge in [0.15, 0.2) is 5.96 Å². The normalized spacial score (nSPS) is 16.7. The molecule has 0 spiro atoms. The molecule has 0 aromatic carbocycles. The molecule has 6 nitrogen and oxygen atoms in total. The van der Waals surface area contributed by atoms with Crippen molar-refractivity contribution in [3.05, 3.63) is 23.9 Å². The Kier molecular flexibility index (Phi) is 6.65. The Morgan fingerprint density at radius 3 is 2.39 bits per heavy atom. The van der Waals surface area contributed by atoms with Crippen molar-refractivity contribution >= 4 is 11.8 Å². The number of hydrogen-bond acceptors (Lipinski definition) is 4. The molecule has 0 bridgehead atoms. The van der Waals surface area contributed by atoms with Crippen molar-refractivity contribution in [1.82, 2.24) is 14.8 Å². The maximum Gasteiger partial charge on any atom is 0.191 e. The van der Waals surface area contributed by atoms with Crippen LogP contribution in [0.2, 0.25) is 0 Å². The Morgan fingerprint density at radius 1 is 1.17 bits per heavy atom. The van der Waals surface area contributed by atoms with E-state index in [2.05, 4.69) is 57.6 Å².